The number of nitrogens with one attached hydrogen (secondary N) is 1. The standard InChI is InChI=1S/C14H25NO5/c1-12(2,3)20-11(18)15-14(8-10(16)17)6-7-19-13(4,5)9-14/h6-9H2,1-5H3,(H,15,18)(H,16,17). The van der Waals surface area contributed by atoms with Gasteiger partial charge in [-0.15, -0.1) is 0 Å². The molecule has 0 saturated carbocycles. The van der Waals surface area contributed by atoms with Gasteiger partial charge in [-0.25, -0.2) is 4.79 Å². The largest absolute Gasteiger partial charge is 0.481 e. The van der Waals surface area contributed by atoms with Gasteiger partial charge in [0.15, 0.2) is 0 Å². The molecule has 1 saturated heterocycles. The summed E-state index contributed by atoms with van der Waals surface area (Å²) in [5.41, 5.74) is -1.91. The van der Waals surface area contributed by atoms with Crippen LogP contribution in [0, 0.1) is 0 Å². The van der Waals surface area contributed by atoms with Gasteiger partial charge in [0.1, 0.15) is 5.60 Å². The molecule has 0 spiro atoms. The van der Waals surface area contributed by atoms with Crippen molar-refractivity contribution in [3.05, 3.63) is 0 Å². The molecule has 1 amide bonds. The fourth-order valence-corrected chi connectivity index (χ4v) is 2.59. The van der Waals surface area contributed by atoms with Crippen LogP contribution in [0.15, 0.2) is 0 Å². The van der Waals surface area contributed by atoms with E-state index < -0.39 is 28.8 Å². The van der Waals surface area contributed by atoms with Crippen molar-refractivity contribution in [1.29, 1.82) is 0 Å². The van der Waals surface area contributed by atoms with Crippen LogP contribution in [-0.4, -0.2) is 40.5 Å². The number of carboxylic acids is 1. The van der Waals surface area contributed by atoms with Crippen molar-refractivity contribution < 1.29 is 24.2 Å². The molecule has 1 heterocycles. The first kappa shape index (κ1) is 16.8. The van der Waals surface area contributed by atoms with E-state index in [-0.39, 0.29) is 6.42 Å². The van der Waals surface area contributed by atoms with E-state index >= 15 is 0 Å². The fourth-order valence-electron chi connectivity index (χ4n) is 2.59. The molecule has 0 radical (unpaired) electrons. The molecule has 1 aliphatic heterocycles. The Labute approximate surface area is 119 Å². The second-order valence-electron chi connectivity index (χ2n) is 7.01. The Kier molecular flexibility index (Phi) is 4.69. The molecule has 0 aromatic heterocycles. The van der Waals surface area contributed by atoms with E-state index in [4.69, 9.17) is 14.6 Å². The Hall–Kier alpha value is -1.30. The zero-order valence-electron chi connectivity index (χ0n) is 12.9. The lowest BCUT2D eigenvalue weighted by Crippen LogP contribution is -2.58. The van der Waals surface area contributed by atoms with Crippen LogP contribution in [0.1, 0.15) is 53.9 Å². The molecule has 0 aromatic carbocycles. The molecule has 116 valence electrons. The minimum absolute atomic E-state index is 0.140. The van der Waals surface area contributed by atoms with Crippen LogP contribution >= 0.6 is 0 Å². The fraction of sp³-hybridized carbons (Fsp3) is 0.857. The summed E-state index contributed by atoms with van der Waals surface area (Å²) in [6.45, 7) is 9.49. The SMILES string of the molecule is CC(C)(C)OC(=O)NC1(CC(=O)O)CCOC(C)(C)C1. The first-order chi connectivity index (χ1) is 8.93. The van der Waals surface area contributed by atoms with Gasteiger partial charge in [-0.1, -0.05) is 0 Å². The van der Waals surface area contributed by atoms with Crippen LogP contribution in [0.5, 0.6) is 0 Å². The Balaban J connectivity index is 2.84. The third-order valence-corrected chi connectivity index (χ3v) is 3.09. The molecule has 1 atom stereocenters. The first-order valence-electron chi connectivity index (χ1n) is 6.80. The number of carboxylic acid groups (broad SMARTS) is 1. The van der Waals surface area contributed by atoms with E-state index in [9.17, 15) is 9.59 Å². The van der Waals surface area contributed by atoms with Gasteiger partial charge in [0.25, 0.3) is 0 Å². The maximum Gasteiger partial charge on any atom is 0.408 e. The Morgan fingerprint density at radius 1 is 1.35 bits per heavy atom. The summed E-state index contributed by atoms with van der Waals surface area (Å²) in [4.78, 5) is 23.1. The van der Waals surface area contributed by atoms with Gasteiger partial charge < -0.3 is 19.9 Å². The zero-order chi connectivity index (χ0) is 15.6. The van der Waals surface area contributed by atoms with E-state index in [0.717, 1.165) is 0 Å². The maximum atomic E-state index is 12.0. The highest BCUT2D eigenvalue weighted by atomic mass is 16.6. The predicted molar refractivity (Wildman–Crippen MR) is 73.6 cm³/mol. The van der Waals surface area contributed by atoms with Crippen LogP contribution in [0.2, 0.25) is 0 Å². The third-order valence-electron chi connectivity index (χ3n) is 3.09. The van der Waals surface area contributed by atoms with Gasteiger partial charge in [0.05, 0.1) is 17.6 Å². The molecule has 0 aromatic rings. The van der Waals surface area contributed by atoms with Crippen molar-refractivity contribution in [3.63, 3.8) is 0 Å². The highest BCUT2D eigenvalue weighted by Crippen LogP contribution is 2.34. The van der Waals surface area contributed by atoms with E-state index in [0.29, 0.717) is 19.4 Å². The second kappa shape index (κ2) is 5.60. The summed E-state index contributed by atoms with van der Waals surface area (Å²) in [7, 11) is 0. The molecule has 1 rings (SSSR count). The number of hydrogen-bond acceptors (Lipinski definition) is 4. The molecule has 6 heteroatoms. The van der Waals surface area contributed by atoms with Gasteiger partial charge in [0.2, 0.25) is 0 Å². The highest BCUT2D eigenvalue weighted by Gasteiger charge is 2.44. The summed E-state index contributed by atoms with van der Waals surface area (Å²) >= 11 is 0. The summed E-state index contributed by atoms with van der Waals surface area (Å²) < 4.78 is 10.8. The molecule has 1 fully saturated rings. The van der Waals surface area contributed by atoms with Crippen LogP contribution < -0.4 is 5.32 Å². The quantitative estimate of drug-likeness (QED) is 0.832. The summed E-state index contributed by atoms with van der Waals surface area (Å²) in [5.74, 6) is -0.946. The number of carbonyl (C=O) groups excluding carboxylic acids is 1. The van der Waals surface area contributed by atoms with Crippen LogP contribution in [0.3, 0.4) is 0 Å². The van der Waals surface area contributed by atoms with Crippen LogP contribution in [0.4, 0.5) is 4.79 Å². The van der Waals surface area contributed by atoms with Gasteiger partial charge in [0, 0.05) is 6.61 Å². The van der Waals surface area contributed by atoms with Gasteiger partial charge in [-0.05, 0) is 47.5 Å². The lowest BCUT2D eigenvalue weighted by Gasteiger charge is -2.44. The molecule has 1 aliphatic rings. The average Bonchev–Trinajstić information content (AvgIpc) is 2.08. The first-order valence-corrected chi connectivity index (χ1v) is 6.80. The molecule has 0 bridgehead atoms. The van der Waals surface area contributed by atoms with Crippen molar-refractivity contribution >= 4 is 12.1 Å². The lowest BCUT2D eigenvalue weighted by molar-refractivity contribution is -0.142. The van der Waals surface area contributed by atoms with Crippen LogP contribution in [0.25, 0.3) is 0 Å². The third kappa shape index (κ3) is 5.36. The van der Waals surface area contributed by atoms with E-state index in [1.807, 2.05) is 13.8 Å². The number of hydrogen-bond donors (Lipinski definition) is 2. The molecule has 2 N–H and O–H groups in total. The lowest BCUT2D eigenvalue weighted by atomic mass is 9.79. The molecular formula is C14H25NO5. The average molecular weight is 287 g/mol. The minimum Gasteiger partial charge on any atom is -0.481 e. The number of rotatable bonds is 3. The van der Waals surface area contributed by atoms with Gasteiger partial charge in [-0.3, -0.25) is 4.79 Å². The number of ether oxygens (including phenoxy) is 2. The van der Waals surface area contributed by atoms with Crippen molar-refractivity contribution in [1.82, 2.24) is 5.32 Å². The zero-order valence-corrected chi connectivity index (χ0v) is 12.9. The number of amides is 1. The summed E-state index contributed by atoms with van der Waals surface area (Å²) in [6, 6.07) is 0. The Morgan fingerprint density at radius 2 is 1.95 bits per heavy atom. The topological polar surface area (TPSA) is 84.9 Å². The maximum absolute atomic E-state index is 12.0. The smallest absolute Gasteiger partial charge is 0.408 e. The number of carbonyl (C=O) groups is 2. The van der Waals surface area contributed by atoms with Crippen molar-refractivity contribution in [3.8, 4) is 0 Å². The van der Waals surface area contributed by atoms with Crippen molar-refractivity contribution in [2.45, 2.75) is 70.6 Å². The van der Waals surface area contributed by atoms with Crippen molar-refractivity contribution in [2.75, 3.05) is 6.61 Å². The monoisotopic (exact) mass is 287 g/mol. The number of aliphatic carboxylic acids is 1. The Bertz CT molecular complexity index is 386. The van der Waals surface area contributed by atoms with Crippen molar-refractivity contribution in [2.24, 2.45) is 0 Å². The molecule has 1 unspecified atom stereocenters. The highest BCUT2D eigenvalue weighted by molar-refractivity contribution is 5.73. The second-order valence-corrected chi connectivity index (χ2v) is 7.01. The normalized spacial score (nSPS) is 25.9. The van der Waals surface area contributed by atoms with Crippen LogP contribution in [-0.2, 0) is 14.3 Å². The Morgan fingerprint density at radius 3 is 2.40 bits per heavy atom. The molecule has 0 aliphatic carbocycles. The summed E-state index contributed by atoms with van der Waals surface area (Å²) in [5, 5.41) is 11.9. The van der Waals surface area contributed by atoms with Gasteiger partial charge >= 0.3 is 12.1 Å². The molecule has 20 heavy (non-hydrogen) atoms. The number of alkyl carbamates (subject to hydrolysis) is 1. The van der Waals surface area contributed by atoms with E-state index in [1.165, 1.54) is 0 Å². The summed E-state index contributed by atoms with van der Waals surface area (Å²) in [6.07, 6.45) is 0.170. The van der Waals surface area contributed by atoms with Gasteiger partial charge in [-0.2, -0.15) is 0 Å². The van der Waals surface area contributed by atoms with E-state index in [1.54, 1.807) is 20.8 Å². The minimum atomic E-state index is -0.946. The van der Waals surface area contributed by atoms with E-state index in [2.05, 4.69) is 5.32 Å². The predicted octanol–water partition coefficient (Wildman–Crippen LogP) is 2.31. The molecular weight excluding hydrogens is 262 g/mol. The molecule has 6 nitrogen and oxygen atoms in total.